The minimum atomic E-state index is -0.386. The fourth-order valence-corrected chi connectivity index (χ4v) is 2.92. The van der Waals surface area contributed by atoms with E-state index in [9.17, 15) is 5.11 Å². The summed E-state index contributed by atoms with van der Waals surface area (Å²) in [4.78, 5) is 0.260. The summed E-state index contributed by atoms with van der Waals surface area (Å²) < 4.78 is 5.89. The molecule has 1 aliphatic rings. The van der Waals surface area contributed by atoms with E-state index < -0.39 is 0 Å². The van der Waals surface area contributed by atoms with Gasteiger partial charge in [-0.25, -0.2) is 0 Å². The molecule has 0 aromatic carbocycles. The van der Waals surface area contributed by atoms with Gasteiger partial charge in [0.15, 0.2) is 0 Å². The predicted octanol–water partition coefficient (Wildman–Crippen LogP) is 3.20. The van der Waals surface area contributed by atoms with Gasteiger partial charge in [0.25, 0.3) is 0 Å². The van der Waals surface area contributed by atoms with Crippen LogP contribution in [-0.2, 0) is 4.74 Å². The smallest absolute Gasteiger partial charge is 0.0872 e. The number of terminal acetylenes is 1. The van der Waals surface area contributed by atoms with E-state index in [1.165, 1.54) is 0 Å². The number of aliphatic hydroxyl groups is 1. The van der Waals surface area contributed by atoms with Gasteiger partial charge in [-0.05, 0) is 31.8 Å². The van der Waals surface area contributed by atoms with Gasteiger partial charge < -0.3 is 9.84 Å². The lowest BCUT2D eigenvalue weighted by Crippen LogP contribution is -2.44. The highest BCUT2D eigenvalue weighted by Gasteiger charge is 2.33. The van der Waals surface area contributed by atoms with Gasteiger partial charge >= 0.3 is 0 Å². The molecule has 4 atom stereocenters. The van der Waals surface area contributed by atoms with E-state index >= 15 is 0 Å². The van der Waals surface area contributed by atoms with Crippen LogP contribution in [0.25, 0.3) is 0 Å². The first-order valence-electron chi connectivity index (χ1n) is 6.42. The van der Waals surface area contributed by atoms with Crippen LogP contribution in [-0.4, -0.2) is 28.2 Å². The van der Waals surface area contributed by atoms with E-state index in [1.807, 2.05) is 12.2 Å². The highest BCUT2D eigenvalue weighted by atomic mass is 79.9. The average Bonchev–Trinajstić information content (AvgIpc) is 2.36. The Morgan fingerprint density at radius 1 is 1.39 bits per heavy atom. The van der Waals surface area contributed by atoms with Gasteiger partial charge in [0.2, 0.25) is 0 Å². The van der Waals surface area contributed by atoms with Gasteiger partial charge in [-0.1, -0.05) is 47.0 Å². The quantitative estimate of drug-likeness (QED) is 0.480. The van der Waals surface area contributed by atoms with Crippen LogP contribution in [0.4, 0.5) is 0 Å². The lowest BCUT2D eigenvalue weighted by molar-refractivity contribution is -0.111. The van der Waals surface area contributed by atoms with E-state index in [-0.39, 0.29) is 23.1 Å². The molecule has 1 saturated heterocycles. The monoisotopic (exact) mass is 312 g/mol. The van der Waals surface area contributed by atoms with Crippen LogP contribution in [0.1, 0.15) is 32.6 Å². The molecule has 0 bridgehead atoms. The van der Waals surface area contributed by atoms with Crippen molar-refractivity contribution in [2.24, 2.45) is 0 Å². The molecule has 0 unspecified atom stereocenters. The van der Waals surface area contributed by atoms with E-state index in [1.54, 1.807) is 6.08 Å². The van der Waals surface area contributed by atoms with E-state index in [2.05, 4.69) is 34.9 Å². The first kappa shape index (κ1) is 15.5. The molecular weight excluding hydrogens is 292 g/mol. The molecule has 0 saturated carbocycles. The summed E-state index contributed by atoms with van der Waals surface area (Å²) in [6, 6.07) is 0. The second-order valence-electron chi connectivity index (χ2n) is 4.45. The van der Waals surface area contributed by atoms with Crippen LogP contribution in [0.15, 0.2) is 24.3 Å². The number of hydrogen-bond acceptors (Lipinski definition) is 2. The predicted molar refractivity (Wildman–Crippen MR) is 78.6 cm³/mol. The Kier molecular flexibility index (Phi) is 7.34. The van der Waals surface area contributed by atoms with E-state index in [4.69, 9.17) is 11.2 Å². The molecule has 3 heteroatoms. The number of aliphatic hydroxyl groups excluding tert-OH is 1. The molecule has 2 nitrogen and oxygen atoms in total. The molecule has 1 N–H and O–H groups in total. The van der Waals surface area contributed by atoms with Crippen molar-refractivity contribution in [3.05, 3.63) is 24.3 Å². The van der Waals surface area contributed by atoms with Crippen LogP contribution in [0.2, 0.25) is 0 Å². The van der Waals surface area contributed by atoms with Crippen molar-refractivity contribution >= 4 is 15.9 Å². The number of allylic oxidation sites excluding steroid dienone is 3. The van der Waals surface area contributed by atoms with Crippen LogP contribution in [0, 0.1) is 12.3 Å². The minimum absolute atomic E-state index is 0.0865. The summed E-state index contributed by atoms with van der Waals surface area (Å²) >= 11 is 3.56. The lowest BCUT2D eigenvalue weighted by Gasteiger charge is -2.36. The van der Waals surface area contributed by atoms with Crippen molar-refractivity contribution in [3.63, 3.8) is 0 Å². The van der Waals surface area contributed by atoms with Crippen LogP contribution in [0.3, 0.4) is 0 Å². The SMILES string of the molecule is C#C/C=C\C/C=C\C[C@H]1O[C@@H](CC)[C@H](Br)C[C@H]1O. The largest absolute Gasteiger partial charge is 0.390 e. The van der Waals surface area contributed by atoms with Gasteiger partial charge in [0.1, 0.15) is 0 Å². The fraction of sp³-hybridized carbons (Fsp3) is 0.600. The van der Waals surface area contributed by atoms with Crippen LogP contribution in [0.5, 0.6) is 0 Å². The highest BCUT2D eigenvalue weighted by molar-refractivity contribution is 9.09. The maximum Gasteiger partial charge on any atom is 0.0872 e. The number of halogens is 1. The first-order chi connectivity index (χ1) is 8.69. The van der Waals surface area contributed by atoms with Crippen LogP contribution >= 0.6 is 15.9 Å². The summed E-state index contributed by atoms with van der Waals surface area (Å²) in [5, 5.41) is 9.96. The summed E-state index contributed by atoms with van der Waals surface area (Å²) in [6.07, 6.45) is 15.9. The number of hydrogen-bond donors (Lipinski definition) is 1. The summed E-state index contributed by atoms with van der Waals surface area (Å²) in [7, 11) is 0. The zero-order valence-electron chi connectivity index (χ0n) is 10.8. The van der Waals surface area contributed by atoms with E-state index in [0.717, 1.165) is 25.7 Å². The third-order valence-electron chi connectivity index (χ3n) is 3.07. The molecule has 1 heterocycles. The zero-order valence-corrected chi connectivity index (χ0v) is 12.3. The Balaban J connectivity index is 2.37. The van der Waals surface area contributed by atoms with Crippen molar-refractivity contribution in [1.29, 1.82) is 0 Å². The standard InChI is InChI=1S/C15H21BrO2/c1-3-5-6-7-8-9-10-15-13(17)11-12(16)14(4-2)18-15/h1,5-6,8-9,12-15,17H,4,7,10-11H2,2H3/b6-5-,9-8-/t12-,13-,14+,15-/m1/s1. The molecule has 18 heavy (non-hydrogen) atoms. The number of rotatable bonds is 5. The van der Waals surface area contributed by atoms with Crippen molar-refractivity contribution in [3.8, 4) is 12.3 Å². The zero-order chi connectivity index (χ0) is 13.4. The highest BCUT2D eigenvalue weighted by Crippen LogP contribution is 2.29. The van der Waals surface area contributed by atoms with E-state index in [0.29, 0.717) is 0 Å². The molecule has 1 rings (SSSR count). The molecule has 0 aliphatic carbocycles. The topological polar surface area (TPSA) is 29.5 Å². The summed E-state index contributed by atoms with van der Waals surface area (Å²) in [6.45, 7) is 2.11. The number of alkyl halides is 1. The maximum atomic E-state index is 9.96. The Labute approximate surface area is 118 Å². The molecule has 0 aromatic rings. The molecule has 0 spiro atoms. The van der Waals surface area contributed by atoms with Crippen molar-refractivity contribution in [2.45, 2.75) is 55.7 Å². The molecule has 100 valence electrons. The van der Waals surface area contributed by atoms with Crippen molar-refractivity contribution in [2.75, 3.05) is 0 Å². The van der Waals surface area contributed by atoms with Crippen LogP contribution < -0.4 is 0 Å². The van der Waals surface area contributed by atoms with Crippen molar-refractivity contribution < 1.29 is 9.84 Å². The number of ether oxygens (including phenoxy) is 1. The van der Waals surface area contributed by atoms with Gasteiger partial charge in [-0.2, -0.15) is 0 Å². The Morgan fingerprint density at radius 3 is 2.83 bits per heavy atom. The fourth-order valence-electron chi connectivity index (χ4n) is 2.04. The van der Waals surface area contributed by atoms with Gasteiger partial charge in [-0.3, -0.25) is 0 Å². The summed E-state index contributed by atoms with van der Waals surface area (Å²) in [5.74, 6) is 2.45. The van der Waals surface area contributed by atoms with Gasteiger partial charge in [0.05, 0.1) is 18.3 Å². The lowest BCUT2D eigenvalue weighted by atomic mass is 9.97. The Hall–Kier alpha value is -0.560. The normalized spacial score (nSPS) is 33.0. The second-order valence-corrected chi connectivity index (χ2v) is 5.63. The van der Waals surface area contributed by atoms with Gasteiger partial charge in [-0.15, -0.1) is 6.42 Å². The molecular formula is C15H21BrO2. The third kappa shape index (κ3) is 4.97. The third-order valence-corrected chi connectivity index (χ3v) is 4.04. The maximum absolute atomic E-state index is 9.96. The Bertz CT molecular complexity index is 330. The Morgan fingerprint density at radius 2 is 2.17 bits per heavy atom. The molecule has 0 aromatic heterocycles. The second kappa shape index (κ2) is 8.53. The minimum Gasteiger partial charge on any atom is -0.390 e. The molecule has 0 amide bonds. The average molecular weight is 313 g/mol. The molecule has 1 fully saturated rings. The molecule has 0 radical (unpaired) electrons. The summed E-state index contributed by atoms with van der Waals surface area (Å²) in [5.41, 5.74) is 0. The molecule has 1 aliphatic heterocycles. The van der Waals surface area contributed by atoms with Crippen molar-refractivity contribution in [1.82, 2.24) is 0 Å². The van der Waals surface area contributed by atoms with Gasteiger partial charge in [0, 0.05) is 4.83 Å². The first-order valence-corrected chi connectivity index (χ1v) is 7.34.